The number of hydrogen-bond donors (Lipinski definition) is 1. The zero-order valence-corrected chi connectivity index (χ0v) is 17.6. The number of rotatable bonds is 3. The molecule has 2 aliphatic heterocycles. The van der Waals surface area contributed by atoms with Gasteiger partial charge in [-0.2, -0.15) is 13.2 Å². The molecule has 8 heteroatoms. The highest BCUT2D eigenvalue weighted by Gasteiger charge is 2.47. The molecule has 1 N–H and O–H groups in total. The van der Waals surface area contributed by atoms with E-state index in [0.29, 0.717) is 23.8 Å². The Morgan fingerprint density at radius 3 is 2.79 bits per heavy atom. The van der Waals surface area contributed by atoms with E-state index in [1.165, 1.54) is 6.07 Å². The van der Waals surface area contributed by atoms with E-state index in [4.69, 9.17) is 4.99 Å². The monoisotopic (exact) mass is 450 g/mol. The van der Waals surface area contributed by atoms with E-state index in [9.17, 15) is 18.0 Å². The number of amides is 1. The van der Waals surface area contributed by atoms with Crippen LogP contribution in [0.5, 0.6) is 0 Å². The minimum Gasteiger partial charge on any atom is -0.365 e. The number of benzene rings is 1. The van der Waals surface area contributed by atoms with Crippen LogP contribution < -0.4 is 5.32 Å². The van der Waals surface area contributed by atoms with Crippen molar-refractivity contribution in [3.8, 4) is 0 Å². The molecule has 168 valence electrons. The van der Waals surface area contributed by atoms with Crippen LogP contribution in [0.25, 0.3) is 5.57 Å². The van der Waals surface area contributed by atoms with Crippen molar-refractivity contribution in [1.82, 2.24) is 9.88 Å². The fourth-order valence-corrected chi connectivity index (χ4v) is 5.45. The predicted octanol–water partition coefficient (Wildman–Crippen LogP) is 5.24. The number of aromatic nitrogens is 1. The molecule has 1 aromatic heterocycles. The normalized spacial score (nSPS) is 24.9. The highest BCUT2D eigenvalue weighted by molar-refractivity contribution is 6.30. The smallest absolute Gasteiger partial charge is 0.365 e. The zero-order chi connectivity index (χ0) is 22.7. The highest BCUT2D eigenvalue weighted by atomic mass is 19.4. The van der Waals surface area contributed by atoms with Gasteiger partial charge in [0.05, 0.1) is 23.0 Å². The number of pyridine rings is 1. The lowest BCUT2D eigenvalue weighted by Gasteiger charge is -2.34. The van der Waals surface area contributed by atoms with Gasteiger partial charge in [-0.3, -0.25) is 9.79 Å². The van der Waals surface area contributed by atoms with Gasteiger partial charge in [0.25, 0.3) is 5.91 Å². The number of aliphatic imine (C=N–C) groups is 1. The quantitative estimate of drug-likeness (QED) is 0.695. The molecule has 0 unspecified atom stereocenters. The first-order valence-corrected chi connectivity index (χ1v) is 11.1. The molecule has 1 saturated carbocycles. The molecule has 1 saturated heterocycles. The molecule has 0 radical (unpaired) electrons. The van der Waals surface area contributed by atoms with Crippen molar-refractivity contribution in [3.05, 3.63) is 71.4 Å². The van der Waals surface area contributed by atoms with Gasteiger partial charge in [0, 0.05) is 41.9 Å². The summed E-state index contributed by atoms with van der Waals surface area (Å²) in [5, 5.41) is 3.25. The van der Waals surface area contributed by atoms with Gasteiger partial charge < -0.3 is 10.2 Å². The van der Waals surface area contributed by atoms with Crippen molar-refractivity contribution in [3.63, 3.8) is 0 Å². The van der Waals surface area contributed by atoms with Crippen LogP contribution in [0.2, 0.25) is 0 Å². The van der Waals surface area contributed by atoms with Crippen molar-refractivity contribution < 1.29 is 18.0 Å². The first kappa shape index (κ1) is 20.2. The van der Waals surface area contributed by atoms with E-state index >= 15 is 0 Å². The minimum absolute atomic E-state index is 0.0133. The van der Waals surface area contributed by atoms with Crippen LogP contribution in [-0.4, -0.2) is 40.1 Å². The summed E-state index contributed by atoms with van der Waals surface area (Å²) in [6, 6.07) is 8.04. The van der Waals surface area contributed by atoms with Crippen molar-refractivity contribution in [2.45, 2.75) is 37.5 Å². The maximum Gasteiger partial charge on any atom is 0.417 e. The second-order valence-corrected chi connectivity index (χ2v) is 9.05. The van der Waals surface area contributed by atoms with Crippen LogP contribution in [0, 0.1) is 5.92 Å². The topological polar surface area (TPSA) is 57.6 Å². The summed E-state index contributed by atoms with van der Waals surface area (Å²) in [6.07, 6.45) is 5.14. The molecule has 6 rings (SSSR count). The van der Waals surface area contributed by atoms with Crippen LogP contribution >= 0.6 is 0 Å². The lowest BCUT2D eigenvalue weighted by Crippen LogP contribution is -2.47. The van der Waals surface area contributed by atoms with Crippen LogP contribution in [0.4, 0.5) is 24.7 Å². The number of piperidine rings is 1. The van der Waals surface area contributed by atoms with Crippen LogP contribution in [0.15, 0.2) is 59.7 Å². The molecule has 2 bridgehead atoms. The fraction of sp³-hybridized carbons (Fsp3) is 0.320. The zero-order valence-electron chi connectivity index (χ0n) is 17.6. The third-order valence-electron chi connectivity index (χ3n) is 6.98. The molecule has 33 heavy (non-hydrogen) atoms. The third-order valence-corrected chi connectivity index (χ3v) is 6.98. The maximum atomic E-state index is 13.4. The molecule has 2 aromatic rings. The summed E-state index contributed by atoms with van der Waals surface area (Å²) >= 11 is 0. The first-order chi connectivity index (χ1) is 15.9. The van der Waals surface area contributed by atoms with Crippen molar-refractivity contribution in [2.24, 2.45) is 10.9 Å². The molecule has 3 heterocycles. The van der Waals surface area contributed by atoms with E-state index in [-0.39, 0.29) is 18.0 Å². The molecule has 2 aliphatic carbocycles. The fourth-order valence-electron chi connectivity index (χ4n) is 5.45. The number of nitrogens with one attached hydrogen (secondary N) is 1. The second kappa shape index (κ2) is 7.30. The largest absolute Gasteiger partial charge is 0.417 e. The number of allylic oxidation sites excluding steroid dienone is 4. The highest BCUT2D eigenvalue weighted by Crippen LogP contribution is 2.42. The van der Waals surface area contributed by atoms with Crippen molar-refractivity contribution >= 4 is 28.7 Å². The van der Waals surface area contributed by atoms with E-state index in [2.05, 4.69) is 22.5 Å². The molecule has 2 fully saturated rings. The van der Waals surface area contributed by atoms with Gasteiger partial charge in [-0.1, -0.05) is 24.3 Å². The summed E-state index contributed by atoms with van der Waals surface area (Å²) in [5.74, 6) is 0.741. The maximum absolute atomic E-state index is 13.4. The Balaban J connectivity index is 1.19. The molecular weight excluding hydrogens is 429 g/mol. The van der Waals surface area contributed by atoms with E-state index in [0.717, 1.165) is 54.1 Å². The number of nitrogens with zero attached hydrogens (tertiary/aromatic N) is 3. The molecule has 5 nitrogen and oxygen atoms in total. The Hall–Kier alpha value is -3.42. The molecule has 3 atom stereocenters. The lowest BCUT2D eigenvalue weighted by molar-refractivity contribution is -0.137. The summed E-state index contributed by atoms with van der Waals surface area (Å²) in [4.78, 5) is 23.9. The number of anilines is 1. The van der Waals surface area contributed by atoms with E-state index < -0.39 is 11.7 Å². The second-order valence-electron chi connectivity index (χ2n) is 9.05. The SMILES string of the molecule is O=C(c1ccc2c(c1)N=C1CC=CC=C12)N1C[C@H]2C[C@@H](Nc3ccc(C(F)(F)F)cn3)[C@@H]1C2. The Morgan fingerprint density at radius 2 is 2.03 bits per heavy atom. The number of likely N-dealkylation sites (tertiary alicyclic amines) is 1. The van der Waals surface area contributed by atoms with Gasteiger partial charge in [0.2, 0.25) is 0 Å². The van der Waals surface area contributed by atoms with Crippen LogP contribution in [0.1, 0.15) is 40.7 Å². The van der Waals surface area contributed by atoms with Gasteiger partial charge in [0.1, 0.15) is 5.82 Å². The summed E-state index contributed by atoms with van der Waals surface area (Å²) in [6.45, 7) is 0.697. The van der Waals surface area contributed by atoms with Gasteiger partial charge in [-0.15, -0.1) is 0 Å². The molecule has 1 aromatic carbocycles. The summed E-state index contributed by atoms with van der Waals surface area (Å²) in [5.41, 5.74) is 3.89. The average Bonchev–Trinajstić information content (AvgIpc) is 3.50. The molecule has 4 aliphatic rings. The van der Waals surface area contributed by atoms with Crippen LogP contribution in [0.3, 0.4) is 0 Å². The number of hydrogen-bond acceptors (Lipinski definition) is 4. The molecule has 0 spiro atoms. The Kier molecular flexibility index (Phi) is 4.47. The van der Waals surface area contributed by atoms with Gasteiger partial charge in [0.15, 0.2) is 0 Å². The number of carbonyl (C=O) groups is 1. The average molecular weight is 450 g/mol. The number of alkyl halides is 3. The number of carbonyl (C=O) groups excluding carboxylic acids is 1. The number of fused-ring (bicyclic) bond motifs is 5. The lowest BCUT2D eigenvalue weighted by atomic mass is 9.96. The standard InChI is InChI=1S/C25H21F3N4O/c26-25(27,28)16-6-8-23(29-12-16)31-21-9-14-10-22(21)32(13-14)24(33)15-5-7-18-17-3-1-2-4-19(17)30-20(18)11-15/h1-3,5-8,11-12,14,21-22H,4,9-10,13H2,(H,29,31)/t14-,21+,22-/m0/s1. The Labute approximate surface area is 188 Å². The first-order valence-electron chi connectivity index (χ1n) is 11.1. The number of halogens is 3. The van der Waals surface area contributed by atoms with Crippen molar-refractivity contribution in [2.75, 3.05) is 11.9 Å². The van der Waals surface area contributed by atoms with E-state index in [1.54, 1.807) is 0 Å². The summed E-state index contributed by atoms with van der Waals surface area (Å²) < 4.78 is 38.4. The Morgan fingerprint density at radius 1 is 1.15 bits per heavy atom. The third kappa shape index (κ3) is 3.44. The van der Waals surface area contributed by atoms with Crippen molar-refractivity contribution in [1.29, 1.82) is 0 Å². The van der Waals surface area contributed by atoms with Gasteiger partial charge >= 0.3 is 6.18 Å². The Bertz CT molecular complexity index is 1230. The summed E-state index contributed by atoms with van der Waals surface area (Å²) in [7, 11) is 0. The van der Waals surface area contributed by atoms with E-state index in [1.807, 2.05) is 29.2 Å². The van der Waals surface area contributed by atoms with Crippen LogP contribution in [-0.2, 0) is 6.18 Å². The minimum atomic E-state index is -4.41. The molecular formula is C25H21F3N4O. The molecule has 1 amide bonds. The van der Waals surface area contributed by atoms with Gasteiger partial charge in [-0.05, 0) is 43.0 Å². The predicted molar refractivity (Wildman–Crippen MR) is 119 cm³/mol. The van der Waals surface area contributed by atoms with Gasteiger partial charge in [-0.25, -0.2) is 4.98 Å².